The molecule has 2 nitrogen and oxygen atoms in total. The molecule has 0 heterocycles. The van der Waals surface area contributed by atoms with Gasteiger partial charge in [-0.1, -0.05) is 24.3 Å². The minimum absolute atomic E-state index is 0.491. The molecule has 2 heteroatoms. The molecule has 0 saturated heterocycles. The molecule has 0 atom stereocenters. The molecule has 2 aliphatic carbocycles. The first-order chi connectivity index (χ1) is 8.35. The van der Waals surface area contributed by atoms with Gasteiger partial charge in [0.2, 0.25) is 0 Å². The third-order valence-electron chi connectivity index (χ3n) is 4.02. The molecule has 92 valence electrons. The highest BCUT2D eigenvalue weighted by atomic mass is 16.5. The fourth-order valence-corrected chi connectivity index (χ4v) is 2.56. The minimum atomic E-state index is 0.491. The third-order valence-corrected chi connectivity index (χ3v) is 4.02. The van der Waals surface area contributed by atoms with Crippen LogP contribution in [-0.4, -0.2) is 19.3 Å². The lowest BCUT2D eigenvalue weighted by molar-refractivity contribution is 0.0170. The summed E-state index contributed by atoms with van der Waals surface area (Å²) in [6.07, 6.45) is 5.59. The summed E-state index contributed by atoms with van der Waals surface area (Å²) in [6.45, 7) is 1.00. The molecule has 0 bridgehead atoms. The summed E-state index contributed by atoms with van der Waals surface area (Å²) in [5.74, 6) is 0.858. The molecule has 0 spiro atoms. The molecule has 0 radical (unpaired) electrons. The smallest absolute Gasteiger partial charge is 0.0601 e. The predicted octanol–water partition coefficient (Wildman–Crippen LogP) is 2.83. The van der Waals surface area contributed by atoms with Crippen molar-refractivity contribution in [3.05, 3.63) is 35.4 Å². The van der Waals surface area contributed by atoms with Gasteiger partial charge in [0, 0.05) is 19.7 Å². The Morgan fingerprint density at radius 2 is 2.12 bits per heavy atom. The maximum absolute atomic E-state index is 5.29. The van der Waals surface area contributed by atoms with E-state index < -0.39 is 0 Å². The van der Waals surface area contributed by atoms with Crippen LogP contribution in [0.3, 0.4) is 0 Å². The molecule has 17 heavy (non-hydrogen) atoms. The van der Waals surface area contributed by atoms with E-state index in [1.54, 1.807) is 7.11 Å². The fraction of sp³-hybridized carbons (Fsp3) is 0.600. The Labute approximate surface area is 103 Å². The van der Waals surface area contributed by atoms with Gasteiger partial charge in [-0.2, -0.15) is 0 Å². The normalized spacial score (nSPS) is 27.8. The summed E-state index contributed by atoms with van der Waals surface area (Å²) in [6, 6.07) is 9.72. The number of rotatable bonds is 5. The van der Waals surface area contributed by atoms with Crippen LogP contribution < -0.4 is 5.32 Å². The van der Waals surface area contributed by atoms with Gasteiger partial charge in [0.1, 0.15) is 0 Å². The topological polar surface area (TPSA) is 21.3 Å². The van der Waals surface area contributed by atoms with E-state index in [0.29, 0.717) is 12.1 Å². The van der Waals surface area contributed by atoms with Gasteiger partial charge in [-0.25, -0.2) is 0 Å². The van der Waals surface area contributed by atoms with Gasteiger partial charge in [-0.3, -0.25) is 0 Å². The van der Waals surface area contributed by atoms with Gasteiger partial charge >= 0.3 is 0 Å². The van der Waals surface area contributed by atoms with E-state index >= 15 is 0 Å². The van der Waals surface area contributed by atoms with Crippen LogP contribution in [0.2, 0.25) is 0 Å². The lowest BCUT2D eigenvalue weighted by atomic mass is 9.89. The first-order valence-corrected chi connectivity index (χ1v) is 6.70. The number of ether oxygens (including phenoxy) is 1. The summed E-state index contributed by atoms with van der Waals surface area (Å²) >= 11 is 0. The van der Waals surface area contributed by atoms with Gasteiger partial charge < -0.3 is 10.1 Å². The molecule has 1 N–H and O–H groups in total. The number of hydrogen-bond acceptors (Lipinski definition) is 2. The standard InChI is InChI=1S/C15H21NO/c1-17-15-8-14(9-15)16-10-11-3-2-4-13(7-11)12-5-6-12/h2-4,7,12,14-16H,5-6,8-10H2,1H3. The van der Waals surface area contributed by atoms with Crippen LogP contribution in [0.4, 0.5) is 0 Å². The molecule has 2 fully saturated rings. The molecular formula is C15H21NO. The molecule has 2 saturated carbocycles. The van der Waals surface area contributed by atoms with Crippen LogP contribution in [0.1, 0.15) is 42.7 Å². The third kappa shape index (κ3) is 2.70. The number of hydrogen-bond donors (Lipinski definition) is 1. The zero-order chi connectivity index (χ0) is 11.7. The maximum atomic E-state index is 5.29. The van der Waals surface area contributed by atoms with Gasteiger partial charge in [-0.05, 0) is 42.7 Å². The first-order valence-electron chi connectivity index (χ1n) is 6.70. The van der Waals surface area contributed by atoms with E-state index in [4.69, 9.17) is 4.74 Å². The van der Waals surface area contributed by atoms with Crippen molar-refractivity contribution in [1.82, 2.24) is 5.32 Å². The van der Waals surface area contributed by atoms with Crippen molar-refractivity contribution in [3.63, 3.8) is 0 Å². The quantitative estimate of drug-likeness (QED) is 0.841. The van der Waals surface area contributed by atoms with Crippen molar-refractivity contribution in [2.24, 2.45) is 0 Å². The summed E-state index contributed by atoms with van der Waals surface area (Å²) in [5, 5.41) is 3.61. The molecule has 1 aromatic carbocycles. The molecule has 0 aromatic heterocycles. The van der Waals surface area contributed by atoms with Crippen molar-refractivity contribution in [3.8, 4) is 0 Å². The van der Waals surface area contributed by atoms with E-state index in [1.807, 2.05) is 0 Å². The van der Waals surface area contributed by atoms with Gasteiger partial charge in [0.25, 0.3) is 0 Å². The van der Waals surface area contributed by atoms with Crippen LogP contribution in [0.15, 0.2) is 24.3 Å². The van der Waals surface area contributed by atoms with Crippen molar-refractivity contribution in [2.45, 2.75) is 50.3 Å². The van der Waals surface area contributed by atoms with Crippen LogP contribution in [0.25, 0.3) is 0 Å². The van der Waals surface area contributed by atoms with Crippen molar-refractivity contribution in [2.75, 3.05) is 7.11 Å². The monoisotopic (exact) mass is 231 g/mol. The summed E-state index contributed by atoms with van der Waals surface area (Å²) in [5.41, 5.74) is 2.96. The molecule has 3 rings (SSSR count). The zero-order valence-electron chi connectivity index (χ0n) is 10.5. The van der Waals surface area contributed by atoms with Crippen molar-refractivity contribution >= 4 is 0 Å². The Hall–Kier alpha value is -0.860. The second-order valence-electron chi connectivity index (χ2n) is 5.43. The van der Waals surface area contributed by atoms with Crippen LogP contribution >= 0.6 is 0 Å². The zero-order valence-corrected chi connectivity index (χ0v) is 10.5. The van der Waals surface area contributed by atoms with E-state index in [2.05, 4.69) is 29.6 Å². The summed E-state index contributed by atoms with van der Waals surface area (Å²) in [7, 11) is 1.81. The SMILES string of the molecule is COC1CC(NCc2cccc(C3CC3)c2)C1. The highest BCUT2D eigenvalue weighted by Gasteiger charge is 2.28. The Balaban J connectivity index is 1.49. The van der Waals surface area contributed by atoms with E-state index in [0.717, 1.165) is 12.5 Å². The molecule has 2 aliphatic rings. The predicted molar refractivity (Wildman–Crippen MR) is 69.1 cm³/mol. The van der Waals surface area contributed by atoms with E-state index in [9.17, 15) is 0 Å². The second kappa shape index (κ2) is 4.79. The molecular weight excluding hydrogens is 210 g/mol. The van der Waals surface area contributed by atoms with Gasteiger partial charge in [-0.15, -0.1) is 0 Å². The lowest BCUT2D eigenvalue weighted by Gasteiger charge is -2.34. The molecule has 0 amide bonds. The molecule has 1 aromatic rings. The first kappa shape index (κ1) is 11.2. The number of methoxy groups -OCH3 is 1. The van der Waals surface area contributed by atoms with E-state index in [-0.39, 0.29) is 0 Å². The van der Waals surface area contributed by atoms with E-state index in [1.165, 1.54) is 36.8 Å². The van der Waals surface area contributed by atoms with Crippen LogP contribution in [-0.2, 0) is 11.3 Å². The van der Waals surface area contributed by atoms with Crippen LogP contribution in [0, 0.1) is 0 Å². The Bertz CT molecular complexity index is 380. The van der Waals surface area contributed by atoms with Crippen LogP contribution in [0.5, 0.6) is 0 Å². The average Bonchev–Trinajstić information content (AvgIpc) is 3.11. The summed E-state index contributed by atoms with van der Waals surface area (Å²) in [4.78, 5) is 0. The number of nitrogens with one attached hydrogen (secondary N) is 1. The maximum Gasteiger partial charge on any atom is 0.0601 e. The molecule has 0 unspecified atom stereocenters. The lowest BCUT2D eigenvalue weighted by Crippen LogP contribution is -2.44. The van der Waals surface area contributed by atoms with Gasteiger partial charge in [0.05, 0.1) is 6.10 Å². The minimum Gasteiger partial charge on any atom is -0.381 e. The fourth-order valence-electron chi connectivity index (χ4n) is 2.56. The Kier molecular flexibility index (Phi) is 3.17. The van der Waals surface area contributed by atoms with Crippen molar-refractivity contribution < 1.29 is 4.74 Å². The average molecular weight is 231 g/mol. The Morgan fingerprint density at radius 3 is 2.82 bits per heavy atom. The van der Waals surface area contributed by atoms with Crippen molar-refractivity contribution in [1.29, 1.82) is 0 Å². The number of benzene rings is 1. The highest BCUT2D eigenvalue weighted by molar-refractivity contribution is 5.29. The largest absolute Gasteiger partial charge is 0.381 e. The summed E-state index contributed by atoms with van der Waals surface area (Å²) < 4.78 is 5.29. The second-order valence-corrected chi connectivity index (χ2v) is 5.43. The Morgan fingerprint density at radius 1 is 1.29 bits per heavy atom. The highest BCUT2D eigenvalue weighted by Crippen LogP contribution is 2.40. The molecule has 0 aliphatic heterocycles. The van der Waals surface area contributed by atoms with Gasteiger partial charge in [0.15, 0.2) is 0 Å².